The van der Waals surface area contributed by atoms with Crippen LogP contribution in [-0.2, 0) is 6.54 Å². The number of aromatic nitrogens is 3. The molecule has 1 atom stereocenters. The number of nitrogens with zero attached hydrogens (tertiary/aromatic N) is 4. The lowest BCUT2D eigenvalue weighted by Crippen LogP contribution is -2.32. The Morgan fingerprint density at radius 3 is 3.04 bits per heavy atom. The van der Waals surface area contributed by atoms with Gasteiger partial charge in [0.05, 0.1) is 5.69 Å². The Morgan fingerprint density at radius 2 is 2.28 bits per heavy atom. The molecule has 130 valence electrons. The van der Waals surface area contributed by atoms with Gasteiger partial charge in [0.25, 0.3) is 5.56 Å². The Labute approximate surface area is 144 Å². The van der Waals surface area contributed by atoms with Gasteiger partial charge in [0.15, 0.2) is 17.8 Å². The summed E-state index contributed by atoms with van der Waals surface area (Å²) in [5.74, 6) is 0.655. The third kappa shape index (κ3) is 2.80. The number of anilines is 1. The first kappa shape index (κ1) is 15.8. The molecule has 0 saturated carbocycles. The Bertz CT molecular complexity index is 962. The van der Waals surface area contributed by atoms with E-state index in [1.54, 1.807) is 10.8 Å². The summed E-state index contributed by atoms with van der Waals surface area (Å²) in [5.41, 5.74) is 3.01. The van der Waals surface area contributed by atoms with Crippen molar-refractivity contribution in [1.29, 1.82) is 0 Å². The van der Waals surface area contributed by atoms with Gasteiger partial charge in [0.1, 0.15) is 5.52 Å². The monoisotopic (exact) mass is 340 g/mol. The molecule has 0 unspecified atom stereocenters. The van der Waals surface area contributed by atoms with Crippen molar-refractivity contribution in [1.82, 2.24) is 14.5 Å². The second-order valence-corrected chi connectivity index (χ2v) is 6.36. The van der Waals surface area contributed by atoms with E-state index in [9.17, 15) is 9.90 Å². The van der Waals surface area contributed by atoms with Crippen LogP contribution in [0.2, 0.25) is 0 Å². The first-order chi connectivity index (χ1) is 12.2. The third-order valence-corrected chi connectivity index (χ3v) is 4.77. The molecule has 1 aromatic carbocycles. The maximum Gasteiger partial charge on any atom is 0.293 e. The second kappa shape index (κ2) is 6.33. The molecule has 7 nitrogen and oxygen atoms in total. The molecule has 0 bridgehead atoms. The zero-order chi connectivity index (χ0) is 17.4. The molecule has 7 heteroatoms. The number of oxazole rings is 1. The third-order valence-electron chi connectivity index (χ3n) is 4.77. The van der Waals surface area contributed by atoms with Crippen LogP contribution in [0.4, 0.5) is 5.82 Å². The number of rotatable bonds is 4. The van der Waals surface area contributed by atoms with Gasteiger partial charge in [-0.3, -0.25) is 4.79 Å². The van der Waals surface area contributed by atoms with E-state index in [-0.39, 0.29) is 18.1 Å². The number of hydrogen-bond acceptors (Lipinski definition) is 6. The van der Waals surface area contributed by atoms with Crippen LogP contribution < -0.4 is 10.5 Å². The van der Waals surface area contributed by atoms with Crippen molar-refractivity contribution < 1.29 is 9.52 Å². The van der Waals surface area contributed by atoms with Crippen LogP contribution in [0, 0.1) is 5.92 Å². The molecule has 3 aromatic rings. The number of aliphatic hydroxyl groups excluding tert-OH is 1. The topological polar surface area (TPSA) is 84.4 Å². The molecule has 3 heterocycles. The van der Waals surface area contributed by atoms with Crippen molar-refractivity contribution in [2.24, 2.45) is 5.92 Å². The molecular weight excluding hydrogens is 320 g/mol. The van der Waals surface area contributed by atoms with Gasteiger partial charge in [-0.2, -0.15) is 0 Å². The van der Waals surface area contributed by atoms with Crippen LogP contribution in [0.3, 0.4) is 0 Å². The molecule has 2 aromatic heterocycles. The van der Waals surface area contributed by atoms with E-state index in [1.165, 1.54) is 6.39 Å². The number of benzene rings is 1. The highest BCUT2D eigenvalue weighted by molar-refractivity contribution is 5.79. The fourth-order valence-electron chi connectivity index (χ4n) is 3.30. The predicted octanol–water partition coefficient (Wildman–Crippen LogP) is 1.89. The van der Waals surface area contributed by atoms with Gasteiger partial charge >= 0.3 is 0 Å². The minimum absolute atomic E-state index is 0.0904. The standard InChI is InChI=1S/C18H20N4O3/c1-2-21-9-15(13-3-4-16-14(7-13)19-11-25-16)20-17(18(21)24)22-6-5-12(8-22)10-23/h3-4,7,9,11-12,23H,2,5-6,8,10H2,1H3/t12-/m1/s1. The van der Waals surface area contributed by atoms with E-state index in [4.69, 9.17) is 4.42 Å². The first-order valence-electron chi connectivity index (χ1n) is 8.50. The summed E-state index contributed by atoms with van der Waals surface area (Å²) in [6, 6.07) is 5.69. The van der Waals surface area contributed by atoms with E-state index < -0.39 is 0 Å². The fourth-order valence-corrected chi connectivity index (χ4v) is 3.30. The van der Waals surface area contributed by atoms with Crippen molar-refractivity contribution in [3.05, 3.63) is 41.1 Å². The van der Waals surface area contributed by atoms with E-state index >= 15 is 0 Å². The molecule has 0 amide bonds. The zero-order valence-corrected chi connectivity index (χ0v) is 14.1. The van der Waals surface area contributed by atoms with Crippen molar-refractivity contribution in [2.45, 2.75) is 19.9 Å². The molecule has 1 aliphatic heterocycles. The van der Waals surface area contributed by atoms with Gasteiger partial charge in [-0.25, -0.2) is 9.97 Å². The highest BCUT2D eigenvalue weighted by Crippen LogP contribution is 2.25. The summed E-state index contributed by atoms with van der Waals surface area (Å²) in [6.45, 7) is 4.05. The van der Waals surface area contributed by atoms with Crippen LogP contribution in [0.5, 0.6) is 0 Å². The lowest BCUT2D eigenvalue weighted by molar-refractivity contribution is 0.238. The van der Waals surface area contributed by atoms with Crippen molar-refractivity contribution >= 4 is 16.9 Å². The molecular formula is C18H20N4O3. The van der Waals surface area contributed by atoms with Gasteiger partial charge in [-0.15, -0.1) is 0 Å². The van der Waals surface area contributed by atoms with Gasteiger partial charge in [0.2, 0.25) is 0 Å². The average molecular weight is 340 g/mol. The van der Waals surface area contributed by atoms with Crippen LogP contribution >= 0.6 is 0 Å². The number of aliphatic hydroxyl groups is 1. The Kier molecular flexibility index (Phi) is 4.01. The quantitative estimate of drug-likeness (QED) is 0.781. The Hall–Kier alpha value is -2.67. The van der Waals surface area contributed by atoms with Crippen LogP contribution in [-0.4, -0.2) is 39.3 Å². The summed E-state index contributed by atoms with van der Waals surface area (Å²) in [5, 5.41) is 9.37. The zero-order valence-electron chi connectivity index (χ0n) is 14.1. The number of aryl methyl sites for hydroxylation is 1. The van der Waals surface area contributed by atoms with E-state index in [0.29, 0.717) is 18.9 Å². The lowest BCUT2D eigenvalue weighted by Gasteiger charge is -2.19. The summed E-state index contributed by atoms with van der Waals surface area (Å²) in [6.07, 6.45) is 4.07. The lowest BCUT2D eigenvalue weighted by atomic mass is 10.1. The minimum Gasteiger partial charge on any atom is -0.443 e. The highest BCUT2D eigenvalue weighted by Gasteiger charge is 2.25. The van der Waals surface area contributed by atoms with Crippen molar-refractivity contribution in [3.63, 3.8) is 0 Å². The molecule has 4 rings (SSSR count). The van der Waals surface area contributed by atoms with Crippen LogP contribution in [0.1, 0.15) is 13.3 Å². The van der Waals surface area contributed by atoms with E-state index in [0.717, 1.165) is 35.3 Å². The van der Waals surface area contributed by atoms with Crippen LogP contribution in [0.25, 0.3) is 22.4 Å². The maximum atomic E-state index is 12.7. The first-order valence-corrected chi connectivity index (χ1v) is 8.50. The molecule has 0 radical (unpaired) electrons. The van der Waals surface area contributed by atoms with Crippen LogP contribution in [0.15, 0.2) is 40.0 Å². The van der Waals surface area contributed by atoms with Gasteiger partial charge in [-0.05, 0) is 31.5 Å². The average Bonchev–Trinajstić information content (AvgIpc) is 3.30. The molecule has 0 aliphatic carbocycles. The summed E-state index contributed by atoms with van der Waals surface area (Å²) in [7, 11) is 0. The molecule has 1 saturated heterocycles. The molecule has 0 spiro atoms. The van der Waals surface area contributed by atoms with Gasteiger partial charge in [-0.1, -0.05) is 0 Å². The SMILES string of the molecule is CCn1cc(-c2ccc3ocnc3c2)nc(N2CC[C@@H](CO)C2)c1=O. The number of fused-ring (bicyclic) bond motifs is 1. The molecule has 1 aliphatic rings. The highest BCUT2D eigenvalue weighted by atomic mass is 16.3. The van der Waals surface area contributed by atoms with E-state index in [2.05, 4.69) is 9.97 Å². The smallest absolute Gasteiger partial charge is 0.293 e. The summed E-state index contributed by atoms with van der Waals surface area (Å²) in [4.78, 5) is 23.5. The molecule has 25 heavy (non-hydrogen) atoms. The minimum atomic E-state index is -0.0904. The fraction of sp³-hybridized carbons (Fsp3) is 0.389. The summed E-state index contributed by atoms with van der Waals surface area (Å²) >= 11 is 0. The van der Waals surface area contributed by atoms with Crippen molar-refractivity contribution in [3.8, 4) is 11.3 Å². The number of hydrogen-bond donors (Lipinski definition) is 1. The molecule has 1 fully saturated rings. The largest absolute Gasteiger partial charge is 0.443 e. The Morgan fingerprint density at radius 1 is 1.40 bits per heavy atom. The predicted molar refractivity (Wildman–Crippen MR) is 94.6 cm³/mol. The van der Waals surface area contributed by atoms with Gasteiger partial charge < -0.3 is 19.0 Å². The normalized spacial score (nSPS) is 17.5. The van der Waals surface area contributed by atoms with Gasteiger partial charge in [0, 0.05) is 43.9 Å². The van der Waals surface area contributed by atoms with E-state index in [1.807, 2.05) is 30.0 Å². The van der Waals surface area contributed by atoms with Crippen molar-refractivity contribution in [2.75, 3.05) is 24.6 Å². The molecule has 1 N–H and O–H groups in total. The maximum absolute atomic E-state index is 12.7. The summed E-state index contributed by atoms with van der Waals surface area (Å²) < 4.78 is 6.96. The Balaban J connectivity index is 1.80. The second-order valence-electron chi connectivity index (χ2n) is 6.36.